The van der Waals surface area contributed by atoms with Crippen LogP contribution in [0, 0.1) is 20.8 Å². The quantitative estimate of drug-likeness (QED) is 0.355. The number of aryl methyl sites for hydroxylation is 3. The number of aromatic nitrogens is 2. The van der Waals surface area contributed by atoms with Gasteiger partial charge in [-0.05, 0) is 49.4 Å². The van der Waals surface area contributed by atoms with Gasteiger partial charge in [0.2, 0.25) is 5.89 Å². The maximum atomic E-state index is 13.3. The van der Waals surface area contributed by atoms with E-state index in [4.69, 9.17) is 20.5 Å². The van der Waals surface area contributed by atoms with Crippen LogP contribution in [-0.2, 0) is 20.0 Å². The zero-order chi connectivity index (χ0) is 24.0. The van der Waals surface area contributed by atoms with E-state index in [9.17, 15) is 16.8 Å². The van der Waals surface area contributed by atoms with Crippen LogP contribution in [0.2, 0.25) is 5.02 Å². The normalized spacial score (nSPS) is 12.1. The molecule has 3 heterocycles. The summed E-state index contributed by atoms with van der Waals surface area (Å²) in [7, 11) is -8.69. The van der Waals surface area contributed by atoms with Crippen LogP contribution in [0.1, 0.15) is 16.8 Å². The molecule has 2 N–H and O–H groups in total. The Labute approximate surface area is 198 Å². The molecule has 4 rings (SSSR count). The van der Waals surface area contributed by atoms with Crippen molar-refractivity contribution in [2.45, 2.75) is 29.9 Å². The molecular weight excluding hydrogens is 512 g/mol. The fourth-order valence-electron chi connectivity index (χ4n) is 3.09. The summed E-state index contributed by atoms with van der Waals surface area (Å²) in [5.74, 6) is -0.0900. The number of halogens is 1. The molecule has 0 unspecified atom stereocenters. The predicted molar refractivity (Wildman–Crippen MR) is 124 cm³/mol. The summed E-state index contributed by atoms with van der Waals surface area (Å²) in [6.45, 7) is 5.10. The lowest BCUT2D eigenvalue weighted by atomic mass is 10.0. The van der Waals surface area contributed by atoms with Crippen molar-refractivity contribution >= 4 is 54.6 Å². The van der Waals surface area contributed by atoms with Gasteiger partial charge in [0.25, 0.3) is 25.9 Å². The van der Waals surface area contributed by atoms with Crippen molar-refractivity contribution in [3.8, 4) is 11.5 Å². The van der Waals surface area contributed by atoms with Crippen molar-refractivity contribution in [1.29, 1.82) is 0 Å². The Morgan fingerprint density at radius 2 is 1.82 bits per heavy atom. The van der Waals surface area contributed by atoms with Gasteiger partial charge in [-0.25, -0.2) is 26.5 Å². The van der Waals surface area contributed by atoms with Crippen LogP contribution in [0.5, 0.6) is 0 Å². The van der Waals surface area contributed by atoms with Crippen LogP contribution >= 0.6 is 22.9 Å². The maximum Gasteiger partial charge on any atom is 0.272 e. The second-order valence-corrected chi connectivity index (χ2v) is 11.9. The Hall–Kier alpha value is -2.87. The molecule has 33 heavy (non-hydrogen) atoms. The Balaban J connectivity index is 1.74. The van der Waals surface area contributed by atoms with Gasteiger partial charge in [0.15, 0.2) is 4.21 Å². The van der Waals surface area contributed by atoms with E-state index in [1.54, 1.807) is 19.1 Å². The minimum Gasteiger partial charge on any atom is -0.444 e. The van der Waals surface area contributed by atoms with Crippen molar-refractivity contribution in [2.24, 2.45) is 0 Å². The van der Waals surface area contributed by atoms with E-state index in [2.05, 4.69) is 19.6 Å². The summed E-state index contributed by atoms with van der Waals surface area (Å²) in [5, 5.41) is 4.91. The van der Waals surface area contributed by atoms with E-state index in [1.807, 2.05) is 6.92 Å². The highest BCUT2D eigenvalue weighted by molar-refractivity contribution is 7.97. The molecule has 0 spiro atoms. The fraction of sp³-hybridized carbons (Fsp3) is 0.158. The van der Waals surface area contributed by atoms with Crippen molar-refractivity contribution in [2.75, 3.05) is 9.44 Å². The van der Waals surface area contributed by atoms with Crippen LogP contribution < -0.4 is 9.44 Å². The van der Waals surface area contributed by atoms with Gasteiger partial charge >= 0.3 is 0 Å². The summed E-state index contributed by atoms with van der Waals surface area (Å²) in [6.07, 6.45) is 2.81. The van der Waals surface area contributed by atoms with Crippen LogP contribution in [0.3, 0.4) is 0 Å². The van der Waals surface area contributed by atoms with Gasteiger partial charge in [-0.2, -0.15) is 0 Å². The van der Waals surface area contributed by atoms with E-state index in [0.717, 1.165) is 16.9 Å². The number of rotatable bonds is 7. The van der Waals surface area contributed by atoms with Crippen molar-refractivity contribution in [3.05, 3.63) is 57.9 Å². The van der Waals surface area contributed by atoms with Crippen LogP contribution in [-0.4, -0.2) is 27.0 Å². The molecule has 0 aliphatic heterocycles. The second-order valence-electron chi connectivity index (χ2n) is 7.04. The lowest BCUT2D eigenvalue weighted by molar-refractivity contribution is 0.430. The summed E-state index contributed by atoms with van der Waals surface area (Å²) in [4.78, 5) is 3.64. The average molecular weight is 529 g/mol. The summed E-state index contributed by atoms with van der Waals surface area (Å²) >= 11 is 6.73. The Morgan fingerprint density at radius 1 is 1.06 bits per heavy atom. The van der Waals surface area contributed by atoms with Crippen molar-refractivity contribution in [1.82, 2.24) is 10.1 Å². The van der Waals surface area contributed by atoms with Gasteiger partial charge in [0.05, 0.1) is 17.4 Å². The maximum absolute atomic E-state index is 13.3. The van der Waals surface area contributed by atoms with Crippen LogP contribution in [0.15, 0.2) is 54.1 Å². The zero-order valence-electron chi connectivity index (χ0n) is 17.4. The minimum absolute atomic E-state index is 0.0257. The summed E-state index contributed by atoms with van der Waals surface area (Å²) in [5.41, 5.74) is 2.40. The molecule has 174 valence electrons. The molecule has 3 aromatic heterocycles. The Kier molecular flexibility index (Phi) is 5.99. The lowest BCUT2D eigenvalue weighted by Crippen LogP contribution is -2.19. The number of hydrogen-bond donors (Lipinski definition) is 2. The second kappa shape index (κ2) is 8.48. The minimum atomic E-state index is -4.36. The van der Waals surface area contributed by atoms with Gasteiger partial charge in [0, 0.05) is 0 Å². The van der Waals surface area contributed by atoms with E-state index < -0.39 is 29.2 Å². The molecule has 0 saturated heterocycles. The third-order valence-electron chi connectivity index (χ3n) is 4.53. The van der Waals surface area contributed by atoms with E-state index >= 15 is 0 Å². The number of anilines is 2. The molecule has 10 nitrogen and oxygen atoms in total. The molecule has 0 radical (unpaired) electrons. The lowest BCUT2D eigenvalue weighted by Gasteiger charge is -2.15. The smallest absolute Gasteiger partial charge is 0.272 e. The van der Waals surface area contributed by atoms with Crippen molar-refractivity contribution < 1.29 is 25.8 Å². The number of hydrogen-bond acceptors (Lipinski definition) is 9. The molecule has 0 saturated carbocycles. The van der Waals surface area contributed by atoms with Gasteiger partial charge < -0.3 is 8.94 Å². The SMILES string of the molecule is Cc1cc(C)c(NS(=O)(=O)c2sccc2S(=O)(=O)Nc2onc(C)c2Cl)c(-c2ncco2)c1. The highest BCUT2D eigenvalue weighted by Crippen LogP contribution is 2.36. The number of nitrogens with one attached hydrogen (secondary N) is 2. The highest BCUT2D eigenvalue weighted by Gasteiger charge is 2.31. The molecule has 0 aliphatic rings. The predicted octanol–water partition coefficient (Wildman–Crippen LogP) is 4.57. The molecule has 0 aliphatic carbocycles. The molecule has 0 fully saturated rings. The molecule has 1 aromatic carbocycles. The van der Waals surface area contributed by atoms with Gasteiger partial charge in [-0.3, -0.25) is 4.72 Å². The van der Waals surface area contributed by atoms with E-state index in [0.29, 0.717) is 11.1 Å². The molecule has 0 amide bonds. The average Bonchev–Trinajstić information content (AvgIpc) is 3.48. The molecule has 4 aromatic rings. The summed E-state index contributed by atoms with van der Waals surface area (Å²) < 4.78 is 67.0. The Bertz CT molecular complexity index is 1540. The molecule has 0 atom stereocenters. The van der Waals surface area contributed by atoms with Gasteiger partial charge in [-0.15, -0.1) is 11.3 Å². The first-order valence-corrected chi connectivity index (χ1v) is 13.5. The molecule has 14 heteroatoms. The topological polar surface area (TPSA) is 144 Å². The van der Waals surface area contributed by atoms with Crippen LogP contribution in [0.4, 0.5) is 11.6 Å². The first kappa shape index (κ1) is 23.3. The number of sulfonamides is 2. The van der Waals surface area contributed by atoms with Crippen LogP contribution in [0.25, 0.3) is 11.5 Å². The monoisotopic (exact) mass is 528 g/mol. The van der Waals surface area contributed by atoms with Crippen molar-refractivity contribution in [3.63, 3.8) is 0 Å². The largest absolute Gasteiger partial charge is 0.444 e. The van der Waals surface area contributed by atoms with E-state index in [1.165, 1.54) is 30.8 Å². The standard InChI is InChI=1S/C19H17ClN4O6S3/c1-10-8-11(2)16(13(9-10)17-21-5-6-29-17)23-33(27,28)19-14(4-7-31-19)32(25,26)24-18-15(20)12(3)22-30-18/h4-9,23-24H,1-3H3. The highest BCUT2D eigenvalue weighted by atomic mass is 35.5. The first-order valence-electron chi connectivity index (χ1n) is 9.25. The Morgan fingerprint density at radius 3 is 2.45 bits per heavy atom. The number of nitrogens with zero attached hydrogens (tertiary/aromatic N) is 2. The number of thiophene rings is 1. The first-order chi connectivity index (χ1) is 15.5. The van der Waals surface area contributed by atoms with Gasteiger partial charge in [0.1, 0.15) is 21.9 Å². The summed E-state index contributed by atoms with van der Waals surface area (Å²) in [6, 6.07) is 4.68. The fourth-order valence-corrected chi connectivity index (χ4v) is 7.71. The number of benzene rings is 1. The third-order valence-corrected chi connectivity index (χ3v) is 9.44. The zero-order valence-corrected chi connectivity index (χ0v) is 20.6. The van der Waals surface area contributed by atoms with Gasteiger partial charge in [-0.1, -0.05) is 22.8 Å². The van der Waals surface area contributed by atoms with E-state index in [-0.39, 0.29) is 28.2 Å². The number of oxazole rings is 1. The molecular formula is C19H17ClN4O6S3. The third kappa shape index (κ3) is 4.49. The molecule has 0 bridgehead atoms.